The van der Waals surface area contributed by atoms with Gasteiger partial charge in [-0.1, -0.05) is 0 Å². The lowest BCUT2D eigenvalue weighted by Gasteiger charge is -2.29. The molecule has 2 aliphatic heterocycles. The minimum absolute atomic E-state index is 0. The Bertz CT molecular complexity index is 792. The molecule has 158 valence electrons. The standard InChI is InChI=1S/C21H26N4O2.2ClH/c1-2-27-18-9-7-14(8-10-18)24-20-19(4-3-11-22-20)21(26)25-17-12-15-5-6-16(13-17)23-15;;/h3-4,7-11,15-17,23H,2,5-6,12-13H2,1H3,(H,22,24)(H,25,26);2*1H. The molecule has 4 rings (SSSR count). The highest BCUT2D eigenvalue weighted by atomic mass is 35.5. The number of hydrogen-bond acceptors (Lipinski definition) is 5. The first-order chi connectivity index (χ1) is 13.2. The van der Waals surface area contributed by atoms with E-state index in [-0.39, 0.29) is 36.8 Å². The number of halogens is 2. The first kappa shape index (κ1) is 23.3. The molecule has 6 nitrogen and oxygen atoms in total. The van der Waals surface area contributed by atoms with Gasteiger partial charge in [-0.05, 0) is 69.0 Å². The van der Waals surface area contributed by atoms with Crippen molar-refractivity contribution in [1.29, 1.82) is 0 Å². The molecule has 0 radical (unpaired) electrons. The third kappa shape index (κ3) is 5.75. The van der Waals surface area contributed by atoms with E-state index in [1.807, 2.05) is 37.3 Å². The van der Waals surface area contributed by atoms with Crippen molar-refractivity contribution in [1.82, 2.24) is 15.6 Å². The largest absolute Gasteiger partial charge is 0.494 e. The lowest BCUT2D eigenvalue weighted by molar-refractivity contribution is 0.0924. The number of anilines is 2. The van der Waals surface area contributed by atoms with Crippen LogP contribution in [0.2, 0.25) is 0 Å². The minimum Gasteiger partial charge on any atom is -0.494 e. The SMILES string of the molecule is CCOc1ccc(Nc2ncccc2C(=O)NC2CC3CCC(C2)N3)cc1.Cl.Cl. The Balaban J connectivity index is 0.00000150. The number of carbonyl (C=O) groups excluding carboxylic acids is 1. The van der Waals surface area contributed by atoms with Crippen molar-refractivity contribution in [2.75, 3.05) is 11.9 Å². The lowest BCUT2D eigenvalue weighted by Crippen LogP contribution is -2.48. The highest BCUT2D eigenvalue weighted by Crippen LogP contribution is 2.27. The molecule has 2 bridgehead atoms. The molecule has 29 heavy (non-hydrogen) atoms. The van der Waals surface area contributed by atoms with Crippen LogP contribution < -0.4 is 20.7 Å². The zero-order valence-corrected chi connectivity index (χ0v) is 18.0. The number of ether oxygens (including phenoxy) is 1. The van der Waals surface area contributed by atoms with Gasteiger partial charge < -0.3 is 20.7 Å². The molecule has 8 heteroatoms. The molecule has 3 heterocycles. The van der Waals surface area contributed by atoms with Gasteiger partial charge in [-0.15, -0.1) is 24.8 Å². The Morgan fingerprint density at radius 2 is 1.83 bits per heavy atom. The number of nitrogens with zero attached hydrogens (tertiary/aromatic N) is 1. The van der Waals surface area contributed by atoms with Crippen LogP contribution in [0.4, 0.5) is 11.5 Å². The number of fused-ring (bicyclic) bond motifs is 2. The first-order valence-electron chi connectivity index (χ1n) is 9.73. The minimum atomic E-state index is -0.0668. The van der Waals surface area contributed by atoms with Gasteiger partial charge in [0.25, 0.3) is 5.91 Å². The van der Waals surface area contributed by atoms with Gasteiger partial charge in [0.1, 0.15) is 11.6 Å². The molecule has 0 aliphatic carbocycles. The quantitative estimate of drug-likeness (QED) is 0.633. The van der Waals surface area contributed by atoms with Crippen LogP contribution in [0.25, 0.3) is 0 Å². The summed E-state index contributed by atoms with van der Waals surface area (Å²) in [7, 11) is 0. The molecule has 2 fully saturated rings. The molecule has 1 amide bonds. The summed E-state index contributed by atoms with van der Waals surface area (Å²) in [5, 5.41) is 10.1. The van der Waals surface area contributed by atoms with Crippen molar-refractivity contribution in [3.8, 4) is 5.75 Å². The number of rotatable bonds is 6. The third-order valence-electron chi connectivity index (χ3n) is 5.29. The van der Waals surface area contributed by atoms with Crippen LogP contribution in [-0.2, 0) is 0 Å². The van der Waals surface area contributed by atoms with Crippen LogP contribution in [-0.4, -0.2) is 35.6 Å². The summed E-state index contributed by atoms with van der Waals surface area (Å²) in [6.45, 7) is 2.59. The van der Waals surface area contributed by atoms with E-state index in [2.05, 4.69) is 20.9 Å². The molecule has 0 spiro atoms. The molecule has 2 atom stereocenters. The summed E-state index contributed by atoms with van der Waals surface area (Å²) in [6, 6.07) is 12.6. The maximum Gasteiger partial charge on any atom is 0.255 e. The number of piperidine rings is 1. The first-order valence-corrected chi connectivity index (χ1v) is 9.73. The van der Waals surface area contributed by atoms with Gasteiger partial charge in [0.15, 0.2) is 0 Å². The second-order valence-electron chi connectivity index (χ2n) is 7.26. The van der Waals surface area contributed by atoms with Gasteiger partial charge in [0.05, 0.1) is 12.2 Å². The predicted molar refractivity (Wildman–Crippen MR) is 120 cm³/mol. The van der Waals surface area contributed by atoms with E-state index < -0.39 is 0 Å². The van der Waals surface area contributed by atoms with E-state index in [4.69, 9.17) is 4.74 Å². The van der Waals surface area contributed by atoms with Gasteiger partial charge in [0.2, 0.25) is 0 Å². The smallest absolute Gasteiger partial charge is 0.255 e. The molecule has 1 aromatic carbocycles. The highest BCUT2D eigenvalue weighted by Gasteiger charge is 2.34. The van der Waals surface area contributed by atoms with Gasteiger partial charge in [-0.2, -0.15) is 0 Å². The van der Waals surface area contributed by atoms with Crippen LogP contribution in [0.5, 0.6) is 5.75 Å². The Morgan fingerprint density at radius 1 is 1.14 bits per heavy atom. The van der Waals surface area contributed by atoms with Crippen LogP contribution in [0.1, 0.15) is 43.0 Å². The average molecular weight is 439 g/mol. The van der Waals surface area contributed by atoms with E-state index in [9.17, 15) is 4.79 Å². The number of pyridine rings is 1. The fourth-order valence-corrected chi connectivity index (χ4v) is 4.06. The normalized spacial score (nSPS) is 22.0. The summed E-state index contributed by atoms with van der Waals surface area (Å²) in [5.41, 5.74) is 1.43. The van der Waals surface area contributed by atoms with Gasteiger partial charge >= 0.3 is 0 Å². The maximum atomic E-state index is 12.9. The van der Waals surface area contributed by atoms with Crippen molar-refractivity contribution in [3.63, 3.8) is 0 Å². The molecule has 2 aromatic rings. The van der Waals surface area contributed by atoms with Gasteiger partial charge in [-0.25, -0.2) is 4.98 Å². The van der Waals surface area contributed by atoms with Gasteiger partial charge in [-0.3, -0.25) is 4.79 Å². The molecule has 2 saturated heterocycles. The van der Waals surface area contributed by atoms with E-state index >= 15 is 0 Å². The number of benzene rings is 1. The Hall–Kier alpha value is -2.02. The second kappa shape index (κ2) is 10.7. The summed E-state index contributed by atoms with van der Waals surface area (Å²) < 4.78 is 5.47. The lowest BCUT2D eigenvalue weighted by atomic mass is 9.99. The predicted octanol–water partition coefficient (Wildman–Crippen LogP) is 4.08. The molecule has 2 aliphatic rings. The number of carbonyl (C=O) groups is 1. The number of amides is 1. The summed E-state index contributed by atoms with van der Waals surface area (Å²) in [5.74, 6) is 1.32. The number of aromatic nitrogens is 1. The maximum absolute atomic E-state index is 12.9. The molecule has 1 aromatic heterocycles. The second-order valence-corrected chi connectivity index (χ2v) is 7.26. The molecule has 0 saturated carbocycles. The van der Waals surface area contributed by atoms with E-state index in [0.717, 1.165) is 24.3 Å². The van der Waals surface area contributed by atoms with Crippen molar-refractivity contribution in [2.24, 2.45) is 0 Å². The van der Waals surface area contributed by atoms with Crippen molar-refractivity contribution in [3.05, 3.63) is 48.2 Å². The zero-order chi connectivity index (χ0) is 18.6. The van der Waals surface area contributed by atoms with Crippen LogP contribution >= 0.6 is 24.8 Å². The fourth-order valence-electron chi connectivity index (χ4n) is 4.06. The fraction of sp³-hybridized carbons (Fsp3) is 0.429. The third-order valence-corrected chi connectivity index (χ3v) is 5.29. The summed E-state index contributed by atoms with van der Waals surface area (Å²) in [4.78, 5) is 17.2. The summed E-state index contributed by atoms with van der Waals surface area (Å²) >= 11 is 0. The molecular formula is C21H28Cl2N4O2. The Morgan fingerprint density at radius 3 is 2.48 bits per heavy atom. The van der Waals surface area contributed by atoms with Crippen molar-refractivity contribution < 1.29 is 9.53 Å². The summed E-state index contributed by atoms with van der Waals surface area (Å²) in [6.07, 6.45) is 6.13. The zero-order valence-electron chi connectivity index (χ0n) is 16.4. The van der Waals surface area contributed by atoms with E-state index in [1.54, 1.807) is 12.3 Å². The van der Waals surface area contributed by atoms with Crippen LogP contribution in [0.3, 0.4) is 0 Å². The monoisotopic (exact) mass is 438 g/mol. The van der Waals surface area contributed by atoms with Crippen LogP contribution in [0.15, 0.2) is 42.6 Å². The number of hydrogen-bond donors (Lipinski definition) is 3. The molecular weight excluding hydrogens is 411 g/mol. The average Bonchev–Trinajstić information content (AvgIpc) is 3.02. The van der Waals surface area contributed by atoms with Crippen molar-refractivity contribution in [2.45, 2.75) is 50.7 Å². The van der Waals surface area contributed by atoms with Gasteiger partial charge in [0, 0.05) is 30.0 Å². The Labute approximate surface area is 184 Å². The van der Waals surface area contributed by atoms with Crippen molar-refractivity contribution >= 4 is 42.2 Å². The molecule has 3 N–H and O–H groups in total. The topological polar surface area (TPSA) is 75.3 Å². The van der Waals surface area contributed by atoms with E-state index in [0.29, 0.717) is 30.1 Å². The molecule has 2 unspecified atom stereocenters. The van der Waals surface area contributed by atoms with E-state index in [1.165, 1.54) is 12.8 Å². The number of nitrogens with one attached hydrogen (secondary N) is 3. The van der Waals surface area contributed by atoms with Crippen LogP contribution in [0, 0.1) is 0 Å². The highest BCUT2D eigenvalue weighted by molar-refractivity contribution is 5.99. The Kier molecular flexibility index (Phi) is 8.56.